The van der Waals surface area contributed by atoms with Crippen molar-refractivity contribution >= 4 is 5.69 Å². The van der Waals surface area contributed by atoms with Crippen molar-refractivity contribution < 1.29 is 4.74 Å². The van der Waals surface area contributed by atoms with Gasteiger partial charge in [-0.2, -0.15) is 0 Å². The minimum atomic E-state index is 0.920. The zero-order chi connectivity index (χ0) is 15.2. The Hall–Kier alpha value is -1.18. The maximum Gasteiger partial charge on any atom is 0.120 e. The van der Waals surface area contributed by atoms with Crippen LogP contribution in [0.3, 0.4) is 0 Å². The van der Waals surface area contributed by atoms with Gasteiger partial charge in [-0.1, -0.05) is 70.8 Å². The fourth-order valence-electron chi connectivity index (χ4n) is 2.58. The quantitative estimate of drug-likeness (QED) is 0.448. The molecule has 0 radical (unpaired) electrons. The number of benzene rings is 1. The van der Waals surface area contributed by atoms with E-state index < -0.39 is 0 Å². The summed E-state index contributed by atoms with van der Waals surface area (Å²) in [6.45, 7) is 3.34. The first-order valence-corrected chi connectivity index (χ1v) is 8.74. The molecule has 0 saturated carbocycles. The van der Waals surface area contributed by atoms with E-state index in [-0.39, 0.29) is 0 Å². The summed E-state index contributed by atoms with van der Waals surface area (Å²) in [5.41, 5.74) is 1.16. The third-order valence-electron chi connectivity index (χ3n) is 3.93. The van der Waals surface area contributed by atoms with Crippen LogP contribution in [-0.4, -0.2) is 13.7 Å². The molecule has 0 aliphatic rings. The molecule has 120 valence electrons. The first-order valence-electron chi connectivity index (χ1n) is 8.74. The molecule has 0 unspecified atom stereocenters. The Balaban J connectivity index is 1.90. The third-order valence-corrected chi connectivity index (χ3v) is 3.93. The normalized spacial score (nSPS) is 10.6. The molecular weight excluding hydrogens is 258 g/mol. The summed E-state index contributed by atoms with van der Waals surface area (Å²) in [5, 5.41) is 3.46. The molecule has 0 saturated heterocycles. The van der Waals surface area contributed by atoms with Gasteiger partial charge < -0.3 is 10.1 Å². The summed E-state index contributed by atoms with van der Waals surface area (Å²) in [6, 6.07) is 8.15. The lowest BCUT2D eigenvalue weighted by Gasteiger charge is -2.08. The molecule has 0 heterocycles. The van der Waals surface area contributed by atoms with Gasteiger partial charge in [-0.3, -0.25) is 0 Å². The number of methoxy groups -OCH3 is 1. The highest BCUT2D eigenvalue weighted by molar-refractivity contribution is 5.47. The van der Waals surface area contributed by atoms with Crippen molar-refractivity contribution in [3.63, 3.8) is 0 Å². The number of rotatable bonds is 13. The van der Waals surface area contributed by atoms with Gasteiger partial charge >= 0.3 is 0 Å². The van der Waals surface area contributed by atoms with Crippen molar-refractivity contribution in [3.05, 3.63) is 24.3 Å². The molecule has 2 heteroatoms. The molecule has 21 heavy (non-hydrogen) atoms. The molecule has 0 bridgehead atoms. The first kappa shape index (κ1) is 17.9. The number of hydrogen-bond donors (Lipinski definition) is 1. The molecule has 1 aromatic rings. The smallest absolute Gasteiger partial charge is 0.120 e. The minimum absolute atomic E-state index is 0.920. The Morgan fingerprint density at radius 2 is 1.48 bits per heavy atom. The van der Waals surface area contributed by atoms with Crippen molar-refractivity contribution in [2.24, 2.45) is 0 Å². The Bertz CT molecular complexity index is 351. The average molecular weight is 291 g/mol. The van der Waals surface area contributed by atoms with Crippen molar-refractivity contribution in [3.8, 4) is 5.75 Å². The highest BCUT2D eigenvalue weighted by Gasteiger charge is 1.95. The van der Waals surface area contributed by atoms with Gasteiger partial charge in [-0.15, -0.1) is 0 Å². The van der Waals surface area contributed by atoms with E-state index in [1.54, 1.807) is 7.11 Å². The van der Waals surface area contributed by atoms with Gasteiger partial charge in [0.1, 0.15) is 5.75 Å². The maximum absolute atomic E-state index is 5.22. The molecule has 0 spiro atoms. The molecule has 0 aliphatic heterocycles. The third kappa shape index (κ3) is 9.38. The first-order chi connectivity index (χ1) is 10.4. The van der Waals surface area contributed by atoms with Gasteiger partial charge in [0.25, 0.3) is 0 Å². The second kappa shape index (κ2) is 12.6. The fraction of sp³-hybridized carbons (Fsp3) is 0.684. The molecule has 0 aromatic heterocycles. The zero-order valence-electron chi connectivity index (χ0n) is 14.0. The van der Waals surface area contributed by atoms with E-state index in [4.69, 9.17) is 4.74 Å². The second-order valence-corrected chi connectivity index (χ2v) is 5.84. The van der Waals surface area contributed by atoms with E-state index in [0.29, 0.717) is 0 Å². The Morgan fingerprint density at radius 1 is 0.857 bits per heavy atom. The highest BCUT2D eigenvalue weighted by Crippen LogP contribution is 2.17. The summed E-state index contributed by atoms with van der Waals surface area (Å²) >= 11 is 0. The second-order valence-electron chi connectivity index (χ2n) is 5.84. The van der Waals surface area contributed by atoms with Crippen molar-refractivity contribution in [1.29, 1.82) is 0 Å². The number of ether oxygens (including phenoxy) is 1. The SMILES string of the molecule is CCCCCCCCCCCCNc1cccc(OC)c1. The van der Waals surface area contributed by atoms with Gasteiger partial charge in [0.15, 0.2) is 0 Å². The van der Waals surface area contributed by atoms with Crippen LogP contribution in [0.2, 0.25) is 0 Å². The lowest BCUT2D eigenvalue weighted by atomic mass is 10.1. The number of anilines is 1. The Morgan fingerprint density at radius 3 is 2.10 bits per heavy atom. The van der Waals surface area contributed by atoms with Crippen LogP contribution in [0.5, 0.6) is 5.75 Å². The van der Waals surface area contributed by atoms with Crippen LogP contribution < -0.4 is 10.1 Å². The molecule has 1 aromatic carbocycles. The van der Waals surface area contributed by atoms with E-state index in [2.05, 4.69) is 24.4 Å². The van der Waals surface area contributed by atoms with Gasteiger partial charge in [-0.05, 0) is 18.6 Å². The topological polar surface area (TPSA) is 21.3 Å². The van der Waals surface area contributed by atoms with Crippen LogP contribution >= 0.6 is 0 Å². The summed E-state index contributed by atoms with van der Waals surface area (Å²) in [5.74, 6) is 0.920. The predicted octanol–water partition coefficient (Wildman–Crippen LogP) is 6.03. The van der Waals surface area contributed by atoms with Crippen molar-refractivity contribution in [2.75, 3.05) is 19.0 Å². The van der Waals surface area contributed by atoms with E-state index in [1.807, 2.05) is 12.1 Å². The summed E-state index contributed by atoms with van der Waals surface area (Å²) < 4.78 is 5.22. The fourth-order valence-corrected chi connectivity index (χ4v) is 2.58. The van der Waals surface area contributed by atoms with Crippen molar-refractivity contribution in [1.82, 2.24) is 0 Å². The molecule has 0 atom stereocenters. The van der Waals surface area contributed by atoms with Crippen LogP contribution in [0, 0.1) is 0 Å². The van der Waals surface area contributed by atoms with Crippen LogP contribution in [0.1, 0.15) is 71.1 Å². The minimum Gasteiger partial charge on any atom is -0.497 e. The van der Waals surface area contributed by atoms with E-state index in [9.17, 15) is 0 Å². The van der Waals surface area contributed by atoms with Gasteiger partial charge in [0.2, 0.25) is 0 Å². The van der Waals surface area contributed by atoms with E-state index in [0.717, 1.165) is 18.0 Å². The molecular formula is C19H33NO. The summed E-state index contributed by atoms with van der Waals surface area (Å²) in [7, 11) is 1.71. The van der Waals surface area contributed by atoms with Gasteiger partial charge in [-0.25, -0.2) is 0 Å². The zero-order valence-corrected chi connectivity index (χ0v) is 14.0. The highest BCUT2D eigenvalue weighted by atomic mass is 16.5. The van der Waals surface area contributed by atoms with Gasteiger partial charge in [0.05, 0.1) is 7.11 Å². The molecule has 1 N–H and O–H groups in total. The van der Waals surface area contributed by atoms with Crippen molar-refractivity contribution in [2.45, 2.75) is 71.1 Å². The summed E-state index contributed by atoms with van der Waals surface area (Å²) in [6.07, 6.45) is 13.9. The predicted molar refractivity (Wildman–Crippen MR) is 93.3 cm³/mol. The van der Waals surface area contributed by atoms with Crippen LogP contribution in [-0.2, 0) is 0 Å². The molecule has 2 nitrogen and oxygen atoms in total. The van der Waals surface area contributed by atoms with E-state index in [1.165, 1.54) is 64.2 Å². The molecule has 1 rings (SSSR count). The summed E-state index contributed by atoms with van der Waals surface area (Å²) in [4.78, 5) is 0. The standard InChI is InChI=1S/C19H33NO/c1-3-4-5-6-7-8-9-10-11-12-16-20-18-14-13-15-19(17-18)21-2/h13-15,17,20H,3-12,16H2,1-2H3. The Labute approximate surface area is 131 Å². The van der Waals surface area contributed by atoms with Crippen LogP contribution in [0.15, 0.2) is 24.3 Å². The molecule has 0 fully saturated rings. The molecule has 0 amide bonds. The molecule has 0 aliphatic carbocycles. The average Bonchev–Trinajstić information content (AvgIpc) is 2.53. The number of nitrogens with one attached hydrogen (secondary N) is 1. The van der Waals surface area contributed by atoms with Crippen LogP contribution in [0.4, 0.5) is 5.69 Å². The monoisotopic (exact) mass is 291 g/mol. The maximum atomic E-state index is 5.22. The Kier molecular flexibility index (Phi) is 10.7. The van der Waals surface area contributed by atoms with E-state index >= 15 is 0 Å². The lowest BCUT2D eigenvalue weighted by Crippen LogP contribution is -2.01. The lowest BCUT2D eigenvalue weighted by molar-refractivity contribution is 0.415. The van der Waals surface area contributed by atoms with Crippen LogP contribution in [0.25, 0.3) is 0 Å². The number of hydrogen-bond acceptors (Lipinski definition) is 2. The largest absolute Gasteiger partial charge is 0.497 e. The van der Waals surface area contributed by atoms with Gasteiger partial charge in [0, 0.05) is 18.3 Å². The number of unbranched alkanes of at least 4 members (excludes halogenated alkanes) is 9.